The van der Waals surface area contributed by atoms with Gasteiger partial charge in [-0.2, -0.15) is 0 Å². The zero-order valence-electron chi connectivity index (χ0n) is 9.60. The van der Waals surface area contributed by atoms with Gasteiger partial charge in [-0.15, -0.1) is 0 Å². The molecule has 0 aliphatic carbocycles. The molecule has 1 atom stereocenters. The summed E-state index contributed by atoms with van der Waals surface area (Å²) in [5.74, 6) is 0.118. The van der Waals surface area contributed by atoms with Crippen molar-refractivity contribution in [2.24, 2.45) is 0 Å². The zero-order chi connectivity index (χ0) is 13.1. The highest BCUT2D eigenvalue weighted by Gasteiger charge is 2.19. The van der Waals surface area contributed by atoms with Crippen LogP contribution in [0.25, 0.3) is 0 Å². The van der Waals surface area contributed by atoms with Crippen molar-refractivity contribution in [3.63, 3.8) is 0 Å². The third-order valence-corrected chi connectivity index (χ3v) is 3.22. The number of aliphatic hydroxyl groups is 1. The standard InChI is InChI=1S/C13H11BrFNO2/c1-18-11-3-2-6-16-12(11)13(17)9-5-4-8(15)7-10(9)14/h2-7,13,17H,1H3. The average Bonchev–Trinajstić information content (AvgIpc) is 2.38. The van der Waals surface area contributed by atoms with E-state index in [1.165, 1.54) is 25.3 Å². The number of halogens is 2. The van der Waals surface area contributed by atoms with Crippen LogP contribution in [0.1, 0.15) is 17.4 Å². The summed E-state index contributed by atoms with van der Waals surface area (Å²) in [7, 11) is 1.51. The van der Waals surface area contributed by atoms with Crippen molar-refractivity contribution < 1.29 is 14.2 Å². The molecule has 0 aliphatic rings. The monoisotopic (exact) mass is 311 g/mol. The quantitative estimate of drug-likeness (QED) is 0.947. The molecule has 0 fully saturated rings. The molecule has 1 aromatic heterocycles. The van der Waals surface area contributed by atoms with E-state index >= 15 is 0 Å². The van der Waals surface area contributed by atoms with Crippen LogP contribution < -0.4 is 4.74 Å². The summed E-state index contributed by atoms with van der Waals surface area (Å²) in [6.07, 6.45) is 0.592. The Balaban J connectivity index is 2.44. The summed E-state index contributed by atoms with van der Waals surface area (Å²) in [5, 5.41) is 10.3. The van der Waals surface area contributed by atoms with Gasteiger partial charge >= 0.3 is 0 Å². The fraction of sp³-hybridized carbons (Fsp3) is 0.154. The van der Waals surface area contributed by atoms with E-state index < -0.39 is 6.10 Å². The number of pyridine rings is 1. The molecule has 0 spiro atoms. The molecule has 1 heterocycles. The minimum absolute atomic E-state index is 0.370. The predicted octanol–water partition coefficient (Wildman–Crippen LogP) is 3.07. The Morgan fingerprint density at radius 1 is 1.39 bits per heavy atom. The van der Waals surface area contributed by atoms with Crippen LogP contribution in [0, 0.1) is 5.82 Å². The molecule has 2 aromatic rings. The van der Waals surface area contributed by atoms with Gasteiger partial charge in [-0.3, -0.25) is 4.98 Å². The van der Waals surface area contributed by atoms with Crippen molar-refractivity contribution in [1.82, 2.24) is 4.98 Å². The van der Waals surface area contributed by atoms with Gasteiger partial charge in [0, 0.05) is 16.2 Å². The van der Waals surface area contributed by atoms with Crippen LogP contribution in [-0.2, 0) is 0 Å². The third-order valence-electron chi connectivity index (χ3n) is 2.54. The first-order valence-corrected chi connectivity index (χ1v) is 6.04. The lowest BCUT2D eigenvalue weighted by molar-refractivity contribution is 0.208. The number of nitrogens with zero attached hydrogens (tertiary/aromatic N) is 1. The molecule has 1 unspecified atom stereocenters. The molecule has 1 N–H and O–H groups in total. The fourth-order valence-corrected chi connectivity index (χ4v) is 2.22. The average molecular weight is 312 g/mol. The van der Waals surface area contributed by atoms with Gasteiger partial charge < -0.3 is 9.84 Å². The minimum Gasteiger partial charge on any atom is -0.495 e. The van der Waals surface area contributed by atoms with Crippen LogP contribution in [0.2, 0.25) is 0 Å². The van der Waals surface area contributed by atoms with Gasteiger partial charge in [0.2, 0.25) is 0 Å². The van der Waals surface area contributed by atoms with Crippen molar-refractivity contribution in [2.45, 2.75) is 6.10 Å². The van der Waals surface area contributed by atoms with Crippen molar-refractivity contribution in [3.8, 4) is 5.75 Å². The first-order chi connectivity index (χ1) is 8.63. The lowest BCUT2D eigenvalue weighted by atomic mass is 10.1. The van der Waals surface area contributed by atoms with Crippen LogP contribution >= 0.6 is 15.9 Å². The number of aliphatic hydroxyl groups excluding tert-OH is 1. The highest BCUT2D eigenvalue weighted by molar-refractivity contribution is 9.10. The lowest BCUT2D eigenvalue weighted by Gasteiger charge is -2.15. The van der Waals surface area contributed by atoms with E-state index in [0.29, 0.717) is 21.5 Å². The topological polar surface area (TPSA) is 42.4 Å². The second-order valence-corrected chi connectivity index (χ2v) is 4.51. The molecule has 0 bridgehead atoms. The molecule has 0 saturated heterocycles. The third kappa shape index (κ3) is 2.52. The summed E-state index contributed by atoms with van der Waals surface area (Å²) in [6.45, 7) is 0. The summed E-state index contributed by atoms with van der Waals surface area (Å²) < 4.78 is 18.6. The number of methoxy groups -OCH3 is 1. The van der Waals surface area contributed by atoms with Crippen molar-refractivity contribution in [3.05, 3.63) is 58.1 Å². The summed E-state index contributed by atoms with van der Waals surface area (Å²) in [6, 6.07) is 7.53. The summed E-state index contributed by atoms with van der Waals surface area (Å²) in [4.78, 5) is 4.10. The molecule has 1 aromatic carbocycles. The maximum Gasteiger partial charge on any atom is 0.143 e. The van der Waals surface area contributed by atoms with Gasteiger partial charge in [-0.1, -0.05) is 22.0 Å². The highest BCUT2D eigenvalue weighted by Crippen LogP contribution is 2.32. The van der Waals surface area contributed by atoms with Crippen LogP contribution in [0.5, 0.6) is 5.75 Å². The lowest BCUT2D eigenvalue weighted by Crippen LogP contribution is -2.05. The van der Waals surface area contributed by atoms with E-state index in [-0.39, 0.29) is 5.82 Å². The highest BCUT2D eigenvalue weighted by atomic mass is 79.9. The molecule has 0 aliphatic heterocycles. The van der Waals surface area contributed by atoms with Crippen molar-refractivity contribution in [2.75, 3.05) is 7.11 Å². The maximum absolute atomic E-state index is 13.0. The van der Waals surface area contributed by atoms with E-state index in [0.717, 1.165) is 0 Å². The predicted molar refractivity (Wildman–Crippen MR) is 69.0 cm³/mol. The summed E-state index contributed by atoms with van der Waals surface area (Å²) in [5.41, 5.74) is 0.931. The number of aromatic nitrogens is 1. The Morgan fingerprint density at radius 2 is 2.17 bits per heavy atom. The molecule has 3 nitrogen and oxygen atoms in total. The van der Waals surface area contributed by atoms with E-state index in [1.807, 2.05) is 0 Å². The Hall–Kier alpha value is -1.46. The van der Waals surface area contributed by atoms with Gasteiger partial charge in [0.25, 0.3) is 0 Å². The van der Waals surface area contributed by atoms with Crippen LogP contribution in [0.15, 0.2) is 41.0 Å². The minimum atomic E-state index is -0.976. The number of benzene rings is 1. The second kappa shape index (κ2) is 5.46. The molecule has 18 heavy (non-hydrogen) atoms. The normalized spacial score (nSPS) is 12.2. The van der Waals surface area contributed by atoms with Gasteiger partial charge in [-0.05, 0) is 24.3 Å². The Bertz CT molecular complexity index is 562. The van der Waals surface area contributed by atoms with Crippen LogP contribution in [0.4, 0.5) is 4.39 Å². The van der Waals surface area contributed by atoms with Gasteiger partial charge in [0.05, 0.1) is 7.11 Å². The molecule has 2 rings (SSSR count). The molecule has 5 heteroatoms. The molecule has 0 amide bonds. The smallest absolute Gasteiger partial charge is 0.143 e. The number of hydrogen-bond acceptors (Lipinski definition) is 3. The Kier molecular flexibility index (Phi) is 3.93. The Morgan fingerprint density at radius 3 is 2.83 bits per heavy atom. The Labute approximate surface area is 112 Å². The number of ether oxygens (including phenoxy) is 1. The number of hydrogen-bond donors (Lipinski definition) is 1. The maximum atomic E-state index is 13.0. The van der Waals surface area contributed by atoms with Gasteiger partial charge in [0.1, 0.15) is 23.4 Å². The fourth-order valence-electron chi connectivity index (χ4n) is 1.65. The molecule has 0 saturated carbocycles. The largest absolute Gasteiger partial charge is 0.495 e. The van der Waals surface area contributed by atoms with Crippen LogP contribution in [-0.4, -0.2) is 17.2 Å². The van der Waals surface area contributed by atoms with E-state index in [9.17, 15) is 9.50 Å². The van der Waals surface area contributed by atoms with Crippen molar-refractivity contribution >= 4 is 15.9 Å². The number of rotatable bonds is 3. The van der Waals surface area contributed by atoms with Crippen LogP contribution in [0.3, 0.4) is 0 Å². The van der Waals surface area contributed by atoms with Gasteiger partial charge in [-0.25, -0.2) is 4.39 Å². The van der Waals surface area contributed by atoms with E-state index in [1.54, 1.807) is 18.3 Å². The molecule has 94 valence electrons. The van der Waals surface area contributed by atoms with Gasteiger partial charge in [0.15, 0.2) is 0 Å². The first kappa shape index (κ1) is 13.0. The molecular formula is C13H11BrFNO2. The SMILES string of the molecule is COc1cccnc1C(O)c1ccc(F)cc1Br. The molecular weight excluding hydrogens is 301 g/mol. The zero-order valence-corrected chi connectivity index (χ0v) is 11.2. The van der Waals surface area contributed by atoms with E-state index in [2.05, 4.69) is 20.9 Å². The second-order valence-electron chi connectivity index (χ2n) is 3.66. The summed E-state index contributed by atoms with van der Waals surface area (Å²) >= 11 is 3.22. The molecule has 0 radical (unpaired) electrons. The van der Waals surface area contributed by atoms with Crippen molar-refractivity contribution in [1.29, 1.82) is 0 Å². The van der Waals surface area contributed by atoms with E-state index in [4.69, 9.17) is 4.74 Å². The first-order valence-electron chi connectivity index (χ1n) is 5.25.